The molecule has 5 rings (SSSR count). The summed E-state index contributed by atoms with van der Waals surface area (Å²) in [6.07, 6.45) is 3.54. The first-order valence-corrected chi connectivity index (χ1v) is 11.6. The number of fused-ring (bicyclic) bond motifs is 1. The van der Waals surface area contributed by atoms with Crippen molar-refractivity contribution in [1.29, 1.82) is 5.26 Å². The first-order valence-electron chi connectivity index (χ1n) is 11.6. The van der Waals surface area contributed by atoms with E-state index in [2.05, 4.69) is 46.8 Å². The Labute approximate surface area is 201 Å². The Hall–Kier alpha value is -2.97. The molecule has 2 saturated heterocycles. The zero-order chi connectivity index (χ0) is 24.3. The lowest BCUT2D eigenvalue weighted by atomic mass is 9.49. The van der Waals surface area contributed by atoms with E-state index in [1.165, 1.54) is 0 Å². The number of ether oxygens (including phenoxy) is 3. The van der Waals surface area contributed by atoms with E-state index in [-0.39, 0.29) is 28.9 Å². The van der Waals surface area contributed by atoms with Crippen LogP contribution in [0.4, 0.5) is 11.6 Å². The van der Waals surface area contributed by atoms with Crippen LogP contribution in [0.25, 0.3) is 11.0 Å². The quantitative estimate of drug-likeness (QED) is 0.491. The zero-order valence-corrected chi connectivity index (χ0v) is 20.5. The molecule has 0 radical (unpaired) electrons. The lowest BCUT2D eigenvalue weighted by Gasteiger charge is -2.43. The lowest BCUT2D eigenvalue weighted by Crippen LogP contribution is -2.56. The fourth-order valence-electron chi connectivity index (χ4n) is 4.26. The van der Waals surface area contributed by atoms with Gasteiger partial charge in [0.2, 0.25) is 5.95 Å². The molecule has 174 valence electrons. The number of hydrogen-bond donors (Lipinski definition) is 1. The van der Waals surface area contributed by atoms with Gasteiger partial charge in [-0.15, -0.1) is 5.10 Å². The van der Waals surface area contributed by atoms with E-state index in [0.717, 1.165) is 5.39 Å². The molecule has 2 fully saturated rings. The van der Waals surface area contributed by atoms with E-state index in [4.69, 9.17) is 24.3 Å². The maximum absolute atomic E-state index is 9.73. The highest BCUT2D eigenvalue weighted by Gasteiger charge is 2.43. The van der Waals surface area contributed by atoms with Crippen LogP contribution < -0.4 is 10.1 Å². The third-order valence-electron chi connectivity index (χ3n) is 6.60. The monoisotopic (exact) mass is 459 g/mol. The van der Waals surface area contributed by atoms with Crippen molar-refractivity contribution in [3.8, 4) is 11.9 Å². The molecule has 0 aliphatic carbocycles. The van der Waals surface area contributed by atoms with E-state index < -0.39 is 0 Å². The summed E-state index contributed by atoms with van der Waals surface area (Å²) in [7, 11) is 6.23. The topological polar surface area (TPSA) is 112 Å². The summed E-state index contributed by atoms with van der Waals surface area (Å²) >= 11 is 0. The molecule has 3 aromatic rings. The summed E-state index contributed by atoms with van der Waals surface area (Å²) in [5.41, 5.74) is 1.57. The average molecular weight is 459 g/mol. The van der Waals surface area contributed by atoms with Gasteiger partial charge in [-0.05, 0) is 25.2 Å². The minimum absolute atomic E-state index is 0.0540. The molecule has 0 bridgehead atoms. The van der Waals surface area contributed by atoms with Gasteiger partial charge in [0.25, 0.3) is 5.88 Å². The Balaban J connectivity index is 1.51. The van der Waals surface area contributed by atoms with Gasteiger partial charge in [0.1, 0.15) is 52.2 Å². The Bertz CT molecular complexity index is 1280. The number of anilines is 2. The molecule has 0 amide bonds. The third-order valence-corrected chi connectivity index (χ3v) is 6.60. The van der Waals surface area contributed by atoms with Crippen molar-refractivity contribution in [1.82, 2.24) is 24.3 Å². The van der Waals surface area contributed by atoms with Gasteiger partial charge < -0.3 is 24.1 Å². The number of rotatable bonds is 6. The van der Waals surface area contributed by atoms with Gasteiger partial charge in [-0.25, -0.2) is 4.98 Å². The van der Waals surface area contributed by atoms with Crippen LogP contribution in [-0.2, 0) is 14.7 Å². The van der Waals surface area contributed by atoms with Crippen LogP contribution in [0.15, 0.2) is 18.5 Å². The van der Waals surface area contributed by atoms with Crippen LogP contribution in [0, 0.1) is 17.2 Å². The Morgan fingerprint density at radius 2 is 2.09 bits per heavy atom. The van der Waals surface area contributed by atoms with Crippen LogP contribution in [0.2, 0.25) is 0 Å². The molecule has 2 unspecified atom stereocenters. The summed E-state index contributed by atoms with van der Waals surface area (Å²) in [5.74, 6) is 1.17. The second-order valence-corrected chi connectivity index (χ2v) is 10.7. The molecule has 5 heterocycles. The van der Waals surface area contributed by atoms with Crippen molar-refractivity contribution in [3.05, 3.63) is 24.2 Å². The second-order valence-electron chi connectivity index (χ2n) is 10.7. The predicted molar refractivity (Wildman–Crippen MR) is 135 cm³/mol. The minimum atomic E-state index is -0.368. The largest absolute Gasteiger partial charge is 0.466 e. The molecule has 0 spiro atoms. The SMILES string of the molecule is BC(B)(B)n1cc(Nc2ncc3cc(C#N)n([C@H]4COCC4C)c3n2)c(OC2COC2(C)C)n1. The van der Waals surface area contributed by atoms with Crippen molar-refractivity contribution in [2.24, 2.45) is 5.92 Å². The highest BCUT2D eigenvalue weighted by Crippen LogP contribution is 2.35. The number of hydrogen-bond acceptors (Lipinski definition) is 8. The minimum Gasteiger partial charge on any atom is -0.466 e. The standard InChI is InChI=1S/C21H28B3N7O3/c1-11-8-32-9-15(11)31-13(5-25)4-12-6-26-19(28-17(12)31)27-14-7-30(21(22,23)24)29-18(14)34-16-10-33-20(16,2)3/h4,6-7,11,15-16H,8-10,22-24H2,1-3H3,(H,26,27,28)/t11?,15-,16?/m0/s1. The van der Waals surface area contributed by atoms with Crippen LogP contribution in [0.1, 0.15) is 32.5 Å². The summed E-state index contributed by atoms with van der Waals surface area (Å²) in [5, 5.41) is 18.3. The molecule has 2 aliphatic heterocycles. The first kappa shape index (κ1) is 22.8. The van der Waals surface area contributed by atoms with Gasteiger partial charge in [-0.2, -0.15) is 10.2 Å². The van der Waals surface area contributed by atoms with Gasteiger partial charge >= 0.3 is 0 Å². The fourth-order valence-corrected chi connectivity index (χ4v) is 4.26. The van der Waals surface area contributed by atoms with E-state index in [9.17, 15) is 5.26 Å². The molecule has 34 heavy (non-hydrogen) atoms. The van der Waals surface area contributed by atoms with Gasteiger partial charge in [-0.3, -0.25) is 4.68 Å². The summed E-state index contributed by atoms with van der Waals surface area (Å²) < 4.78 is 21.4. The number of nitrogens with zero attached hydrogens (tertiary/aromatic N) is 6. The molecule has 3 atom stereocenters. The Morgan fingerprint density at radius 3 is 2.68 bits per heavy atom. The predicted octanol–water partition coefficient (Wildman–Crippen LogP) is -0.526. The second kappa shape index (κ2) is 8.06. The molecule has 1 N–H and O–H groups in total. The van der Waals surface area contributed by atoms with Crippen molar-refractivity contribution in [2.45, 2.75) is 43.8 Å². The summed E-state index contributed by atoms with van der Waals surface area (Å²) in [6.45, 7) is 7.87. The van der Waals surface area contributed by atoms with Gasteiger partial charge in [0.15, 0.2) is 6.10 Å². The zero-order valence-electron chi connectivity index (χ0n) is 20.5. The van der Waals surface area contributed by atoms with Gasteiger partial charge in [0.05, 0.1) is 32.1 Å². The molecule has 10 nitrogen and oxygen atoms in total. The van der Waals surface area contributed by atoms with Crippen molar-refractivity contribution in [3.63, 3.8) is 0 Å². The van der Waals surface area contributed by atoms with E-state index in [1.807, 2.05) is 35.4 Å². The third kappa shape index (κ3) is 3.95. The molecule has 0 saturated carbocycles. The molecule has 13 heteroatoms. The maximum atomic E-state index is 9.73. The first-order chi connectivity index (χ1) is 16.1. The van der Waals surface area contributed by atoms with Crippen LogP contribution >= 0.6 is 0 Å². The maximum Gasteiger partial charge on any atom is 0.257 e. The van der Waals surface area contributed by atoms with Gasteiger partial charge in [0, 0.05) is 17.5 Å². The van der Waals surface area contributed by atoms with Crippen LogP contribution in [-0.4, -0.2) is 79.4 Å². The van der Waals surface area contributed by atoms with E-state index in [1.54, 1.807) is 6.20 Å². The van der Waals surface area contributed by atoms with Crippen molar-refractivity contribution < 1.29 is 14.2 Å². The molecular weight excluding hydrogens is 431 g/mol. The van der Waals surface area contributed by atoms with Crippen LogP contribution in [0.3, 0.4) is 0 Å². The number of nitrogens with one attached hydrogen (secondary N) is 1. The van der Waals surface area contributed by atoms with E-state index >= 15 is 0 Å². The summed E-state index contributed by atoms with van der Waals surface area (Å²) in [6, 6.07) is 4.18. The Kier molecular flexibility index (Phi) is 5.41. The van der Waals surface area contributed by atoms with Crippen molar-refractivity contribution >= 4 is 46.2 Å². The summed E-state index contributed by atoms with van der Waals surface area (Å²) in [4.78, 5) is 9.29. The molecule has 3 aromatic heterocycles. The van der Waals surface area contributed by atoms with Gasteiger partial charge in [-0.1, -0.05) is 6.92 Å². The highest BCUT2D eigenvalue weighted by atomic mass is 16.6. The lowest BCUT2D eigenvalue weighted by molar-refractivity contribution is -0.208. The average Bonchev–Trinajstić information content (AvgIpc) is 3.47. The van der Waals surface area contributed by atoms with Crippen molar-refractivity contribution in [2.75, 3.05) is 25.1 Å². The van der Waals surface area contributed by atoms with Crippen LogP contribution in [0.5, 0.6) is 5.88 Å². The van der Waals surface area contributed by atoms with E-state index in [0.29, 0.717) is 48.7 Å². The highest BCUT2D eigenvalue weighted by molar-refractivity contribution is 6.56. The number of nitriles is 1. The Morgan fingerprint density at radius 1 is 1.29 bits per heavy atom. The fraction of sp³-hybridized carbons (Fsp3) is 0.524. The molecule has 2 aliphatic rings. The normalized spacial score (nSPS) is 24.0. The smallest absolute Gasteiger partial charge is 0.257 e. The number of aromatic nitrogens is 5. The molecule has 0 aromatic carbocycles. The molecular formula is C21H28B3N7O3.